The van der Waals surface area contributed by atoms with Crippen LogP contribution >= 0.6 is 50.9 Å². The molecule has 0 saturated carbocycles. The number of hydrogen-bond donors (Lipinski definition) is 0. The lowest BCUT2D eigenvalue weighted by Gasteiger charge is -2.14. The molecule has 4 rings (SSSR count). The van der Waals surface area contributed by atoms with Crippen LogP contribution in [0.15, 0.2) is 70.0 Å². The highest BCUT2D eigenvalue weighted by Gasteiger charge is 2.35. The summed E-state index contributed by atoms with van der Waals surface area (Å²) in [5.41, 5.74) is 1.49. The molecule has 0 spiro atoms. The Kier molecular flexibility index (Phi) is 7.81. The number of halogens is 3. The van der Waals surface area contributed by atoms with Crippen LogP contribution in [0, 0.1) is 10.1 Å². The van der Waals surface area contributed by atoms with Gasteiger partial charge in [-0.05, 0) is 59.8 Å². The first kappa shape index (κ1) is 25.2. The topological polar surface area (TPSA) is 89.7 Å². The third-order valence-electron chi connectivity index (χ3n) is 5.05. The minimum Gasteiger partial charge on any atom is -0.488 e. The second kappa shape index (κ2) is 10.8. The number of imide groups is 1. The fourth-order valence-electron chi connectivity index (χ4n) is 3.33. The molecule has 11 heteroatoms. The number of nitrogens with zero attached hydrogens (tertiary/aromatic N) is 2. The number of para-hydroxylation sites is 1. The van der Waals surface area contributed by atoms with E-state index in [4.69, 9.17) is 27.9 Å². The minimum absolute atomic E-state index is 0.0114. The maximum atomic E-state index is 13.0. The largest absolute Gasteiger partial charge is 0.488 e. The SMILES string of the molecule is O=C1S/C(=C\c2cc(Br)ccc2OCc2ccccc2[N+](=O)[O-])C(=O)N1Cc1ccc(Cl)cc1Cl. The molecule has 1 aliphatic heterocycles. The standard InChI is InChI=1S/C24H15BrCl2N2O5S/c25-17-6-8-21(34-13-15-3-1-2-4-20(15)29(32)33)16(9-17)10-22-23(30)28(24(31)35-22)12-14-5-7-18(26)11-19(14)27/h1-11H,12-13H2/b22-10-. The van der Waals surface area contributed by atoms with Gasteiger partial charge in [0, 0.05) is 26.1 Å². The first-order valence-electron chi connectivity index (χ1n) is 10.1. The van der Waals surface area contributed by atoms with E-state index in [1.165, 1.54) is 6.07 Å². The first-order chi connectivity index (χ1) is 16.7. The van der Waals surface area contributed by atoms with Gasteiger partial charge in [0.2, 0.25) is 0 Å². The first-order valence-corrected chi connectivity index (χ1v) is 12.4. The third kappa shape index (κ3) is 5.87. The summed E-state index contributed by atoms with van der Waals surface area (Å²) < 4.78 is 6.60. The summed E-state index contributed by atoms with van der Waals surface area (Å²) in [7, 11) is 0. The Balaban J connectivity index is 1.57. The molecular weight excluding hydrogens is 579 g/mol. The predicted molar refractivity (Wildman–Crippen MR) is 140 cm³/mol. The summed E-state index contributed by atoms with van der Waals surface area (Å²) in [4.78, 5) is 37.7. The van der Waals surface area contributed by atoms with Crippen LogP contribution in [0.1, 0.15) is 16.7 Å². The maximum absolute atomic E-state index is 13.0. The van der Waals surface area contributed by atoms with E-state index in [-0.39, 0.29) is 23.7 Å². The molecule has 1 fully saturated rings. The highest BCUT2D eigenvalue weighted by molar-refractivity contribution is 9.10. The quantitative estimate of drug-likeness (QED) is 0.160. The van der Waals surface area contributed by atoms with Crippen molar-refractivity contribution in [2.24, 2.45) is 0 Å². The van der Waals surface area contributed by atoms with E-state index in [9.17, 15) is 19.7 Å². The van der Waals surface area contributed by atoms with Crippen molar-refractivity contribution in [3.63, 3.8) is 0 Å². The van der Waals surface area contributed by atoms with Crippen molar-refractivity contribution in [1.82, 2.24) is 4.90 Å². The Morgan fingerprint density at radius 3 is 2.57 bits per heavy atom. The molecule has 0 bridgehead atoms. The van der Waals surface area contributed by atoms with Gasteiger partial charge in [0.25, 0.3) is 16.8 Å². The zero-order valence-electron chi connectivity index (χ0n) is 17.7. The highest BCUT2D eigenvalue weighted by Crippen LogP contribution is 2.37. The van der Waals surface area contributed by atoms with Crippen LogP contribution in [0.2, 0.25) is 10.0 Å². The number of carbonyl (C=O) groups excluding carboxylic acids is 2. The maximum Gasteiger partial charge on any atom is 0.293 e. The highest BCUT2D eigenvalue weighted by atomic mass is 79.9. The number of carbonyl (C=O) groups is 2. The summed E-state index contributed by atoms with van der Waals surface area (Å²) in [6.45, 7) is -0.0340. The second-order valence-electron chi connectivity index (χ2n) is 7.36. The Bertz CT molecular complexity index is 1380. The Hall–Kier alpha value is -2.85. The average molecular weight is 594 g/mol. The lowest BCUT2D eigenvalue weighted by Crippen LogP contribution is -2.27. The molecule has 7 nitrogen and oxygen atoms in total. The van der Waals surface area contributed by atoms with E-state index in [2.05, 4.69) is 15.9 Å². The van der Waals surface area contributed by atoms with Gasteiger partial charge in [-0.2, -0.15) is 0 Å². The lowest BCUT2D eigenvalue weighted by molar-refractivity contribution is -0.385. The van der Waals surface area contributed by atoms with Crippen molar-refractivity contribution < 1.29 is 19.2 Å². The van der Waals surface area contributed by atoms with Crippen LogP contribution in [0.4, 0.5) is 10.5 Å². The Morgan fingerprint density at radius 2 is 1.83 bits per heavy atom. The lowest BCUT2D eigenvalue weighted by atomic mass is 10.1. The van der Waals surface area contributed by atoms with Crippen LogP contribution in [0.25, 0.3) is 6.08 Å². The number of amides is 2. The Morgan fingerprint density at radius 1 is 1.06 bits per heavy atom. The van der Waals surface area contributed by atoms with E-state index in [0.29, 0.717) is 32.5 Å². The van der Waals surface area contributed by atoms with Gasteiger partial charge in [0.15, 0.2) is 0 Å². The molecule has 0 aliphatic carbocycles. The number of nitro groups is 1. The number of thioether (sulfide) groups is 1. The van der Waals surface area contributed by atoms with Gasteiger partial charge in [-0.25, -0.2) is 0 Å². The molecule has 0 N–H and O–H groups in total. The number of rotatable bonds is 7. The summed E-state index contributed by atoms with van der Waals surface area (Å²) in [6.07, 6.45) is 1.56. The van der Waals surface area contributed by atoms with E-state index >= 15 is 0 Å². The number of hydrogen-bond acceptors (Lipinski definition) is 6. The molecule has 3 aromatic rings. The second-order valence-corrected chi connectivity index (χ2v) is 10.1. The monoisotopic (exact) mass is 592 g/mol. The molecule has 1 saturated heterocycles. The minimum atomic E-state index is -0.468. The molecule has 0 radical (unpaired) electrons. The predicted octanol–water partition coefficient (Wildman–Crippen LogP) is 7.48. The van der Waals surface area contributed by atoms with E-state index in [1.807, 2.05) is 0 Å². The van der Waals surface area contributed by atoms with Gasteiger partial charge in [-0.3, -0.25) is 24.6 Å². The summed E-state index contributed by atoms with van der Waals surface area (Å²) >= 11 is 16.3. The van der Waals surface area contributed by atoms with Gasteiger partial charge in [0.05, 0.1) is 21.9 Å². The van der Waals surface area contributed by atoms with Gasteiger partial charge in [-0.1, -0.05) is 57.3 Å². The molecular formula is C24H15BrCl2N2O5S. The molecule has 3 aromatic carbocycles. The van der Waals surface area contributed by atoms with Crippen molar-refractivity contribution in [2.45, 2.75) is 13.2 Å². The molecule has 178 valence electrons. The molecule has 2 amide bonds. The van der Waals surface area contributed by atoms with Crippen LogP contribution in [0.5, 0.6) is 5.75 Å². The van der Waals surface area contributed by atoms with Crippen molar-refractivity contribution >= 4 is 73.8 Å². The van der Waals surface area contributed by atoms with Crippen LogP contribution in [-0.4, -0.2) is 21.0 Å². The summed E-state index contributed by atoms with van der Waals surface area (Å²) in [5, 5.41) is 11.7. The number of nitro benzene ring substituents is 1. The molecule has 0 unspecified atom stereocenters. The van der Waals surface area contributed by atoms with Crippen LogP contribution < -0.4 is 4.74 Å². The zero-order chi connectivity index (χ0) is 25.1. The zero-order valence-corrected chi connectivity index (χ0v) is 21.7. The molecule has 0 aromatic heterocycles. The fraction of sp³-hybridized carbons (Fsp3) is 0.0833. The van der Waals surface area contributed by atoms with Gasteiger partial charge >= 0.3 is 0 Å². The van der Waals surface area contributed by atoms with Crippen LogP contribution in [-0.2, 0) is 17.9 Å². The third-order valence-corrected chi connectivity index (χ3v) is 7.03. The van der Waals surface area contributed by atoms with Crippen molar-refractivity contribution in [3.8, 4) is 5.75 Å². The normalized spacial score (nSPS) is 14.6. The van der Waals surface area contributed by atoms with Gasteiger partial charge < -0.3 is 4.74 Å². The molecule has 1 aliphatic rings. The van der Waals surface area contributed by atoms with Gasteiger partial charge in [0.1, 0.15) is 12.4 Å². The van der Waals surface area contributed by atoms with E-state index in [0.717, 1.165) is 21.1 Å². The van der Waals surface area contributed by atoms with Crippen molar-refractivity contribution in [3.05, 3.63) is 107 Å². The summed E-state index contributed by atoms with van der Waals surface area (Å²) in [6, 6.07) is 16.3. The molecule has 0 atom stereocenters. The summed E-state index contributed by atoms with van der Waals surface area (Å²) in [5.74, 6) is -0.0606. The van der Waals surface area contributed by atoms with Crippen LogP contribution in [0.3, 0.4) is 0 Å². The molecule has 1 heterocycles. The van der Waals surface area contributed by atoms with Crippen molar-refractivity contribution in [1.29, 1.82) is 0 Å². The molecule has 35 heavy (non-hydrogen) atoms. The number of benzene rings is 3. The van der Waals surface area contributed by atoms with Crippen molar-refractivity contribution in [2.75, 3.05) is 0 Å². The number of ether oxygens (including phenoxy) is 1. The Labute approximate surface area is 222 Å². The fourth-order valence-corrected chi connectivity index (χ4v) is 5.00. The van der Waals surface area contributed by atoms with E-state index < -0.39 is 16.1 Å². The smallest absolute Gasteiger partial charge is 0.293 e. The van der Waals surface area contributed by atoms with E-state index in [1.54, 1.807) is 60.7 Å². The van der Waals surface area contributed by atoms with Gasteiger partial charge in [-0.15, -0.1) is 0 Å². The average Bonchev–Trinajstić information content (AvgIpc) is 3.07.